The Morgan fingerprint density at radius 3 is 2.24 bits per heavy atom. The summed E-state index contributed by atoms with van der Waals surface area (Å²) >= 11 is 0. The van der Waals surface area contributed by atoms with E-state index < -0.39 is 32.8 Å². The molecule has 8 heteroatoms. The van der Waals surface area contributed by atoms with Crippen molar-refractivity contribution in [2.24, 2.45) is 0 Å². The first-order valence-corrected chi connectivity index (χ1v) is 7.85. The number of benzene rings is 1. The Morgan fingerprint density at radius 1 is 1.05 bits per heavy atom. The van der Waals surface area contributed by atoms with Crippen molar-refractivity contribution in [3.05, 3.63) is 34.9 Å². The second kappa shape index (κ2) is 8.47. The van der Waals surface area contributed by atoms with E-state index >= 15 is 0 Å². The summed E-state index contributed by atoms with van der Waals surface area (Å²) in [6.07, 6.45) is 0.840. The highest BCUT2D eigenvalue weighted by Gasteiger charge is 2.19. The van der Waals surface area contributed by atoms with Crippen LogP contribution in [-0.2, 0) is 19.7 Å². The molecule has 0 spiro atoms. The van der Waals surface area contributed by atoms with Gasteiger partial charge in [0.15, 0.2) is 23.3 Å². The van der Waals surface area contributed by atoms with E-state index in [2.05, 4.69) is 0 Å². The summed E-state index contributed by atoms with van der Waals surface area (Å²) < 4.78 is 67.8. The lowest BCUT2D eigenvalue weighted by atomic mass is 10.1. The number of hydrogen-bond acceptors (Lipinski definition) is 3. The zero-order chi connectivity index (χ0) is 16.0. The summed E-state index contributed by atoms with van der Waals surface area (Å²) in [5.74, 6) is -6.30. The molecule has 0 saturated carbocycles. The van der Waals surface area contributed by atoms with E-state index in [1.54, 1.807) is 6.92 Å². The van der Waals surface area contributed by atoms with E-state index in [1.807, 2.05) is 0 Å². The minimum Gasteiger partial charge on any atom is -0.379 e. The van der Waals surface area contributed by atoms with Crippen molar-refractivity contribution in [3.8, 4) is 0 Å². The van der Waals surface area contributed by atoms with Crippen LogP contribution in [-0.4, -0.2) is 29.9 Å². The summed E-state index contributed by atoms with van der Waals surface area (Å²) in [5, 5.41) is 0. The zero-order valence-corrected chi connectivity index (χ0v) is 13.2. The van der Waals surface area contributed by atoms with Crippen LogP contribution in [0.1, 0.15) is 25.3 Å². The van der Waals surface area contributed by atoms with Crippen LogP contribution in [0.25, 0.3) is 0 Å². The number of aryl methyl sites for hydroxylation is 1. The second-order valence-electron chi connectivity index (χ2n) is 4.56. The molecule has 1 rings (SSSR count). The molecule has 0 fully saturated rings. The van der Waals surface area contributed by atoms with Crippen LogP contribution < -0.4 is 0 Å². The van der Waals surface area contributed by atoms with Gasteiger partial charge >= 0.3 is 9.53 Å². The molecule has 1 aromatic carbocycles. The summed E-state index contributed by atoms with van der Waals surface area (Å²) in [6.45, 7) is 1.79. The Kier molecular flexibility index (Phi) is 7.30. The third kappa shape index (κ3) is 5.06. The molecule has 0 N–H and O–H groups in total. The van der Waals surface area contributed by atoms with Crippen molar-refractivity contribution >= 4 is 9.53 Å². The normalized spacial score (nSPS) is 13.0. The van der Waals surface area contributed by atoms with Gasteiger partial charge in [0.05, 0.1) is 0 Å². The molecule has 3 nitrogen and oxygen atoms in total. The van der Waals surface area contributed by atoms with Gasteiger partial charge in [0.1, 0.15) is 0 Å². The Balaban J connectivity index is 2.53. The lowest BCUT2D eigenvalue weighted by molar-refractivity contribution is 0.0896. The van der Waals surface area contributed by atoms with Gasteiger partial charge in [0.2, 0.25) is 0 Å². The Labute approximate surface area is 122 Å². The van der Waals surface area contributed by atoms with Crippen molar-refractivity contribution in [2.45, 2.75) is 32.3 Å². The fourth-order valence-electron chi connectivity index (χ4n) is 1.85. The maximum Gasteiger partial charge on any atom is 0.483 e. The predicted molar refractivity (Wildman–Crippen MR) is 70.9 cm³/mol. The summed E-state index contributed by atoms with van der Waals surface area (Å²) in [6, 6.07) is 0.682. The number of halogens is 4. The van der Waals surface area contributed by atoms with E-state index in [-0.39, 0.29) is 18.1 Å². The van der Waals surface area contributed by atoms with Crippen molar-refractivity contribution in [1.29, 1.82) is 0 Å². The molecule has 21 heavy (non-hydrogen) atoms. The van der Waals surface area contributed by atoms with Gasteiger partial charge < -0.3 is 13.3 Å². The minimum atomic E-state index is -2.14. The number of hydrogen-bond donors (Lipinski definition) is 0. The van der Waals surface area contributed by atoms with Gasteiger partial charge in [-0.2, -0.15) is 0 Å². The molecule has 0 aliphatic carbocycles. The molecular formula is C13H18F4O3Si. The first-order valence-electron chi connectivity index (χ1n) is 6.43. The average Bonchev–Trinajstić information content (AvgIpc) is 2.47. The van der Waals surface area contributed by atoms with Gasteiger partial charge in [-0.05, 0) is 37.8 Å². The molecule has 1 atom stereocenters. The van der Waals surface area contributed by atoms with Crippen molar-refractivity contribution in [1.82, 2.24) is 0 Å². The third-order valence-electron chi connectivity index (χ3n) is 2.96. The molecule has 0 aliphatic rings. The third-order valence-corrected chi connectivity index (χ3v) is 4.42. The fourth-order valence-corrected chi connectivity index (χ4v) is 2.78. The molecule has 120 valence electrons. The maximum absolute atomic E-state index is 13.4. The van der Waals surface area contributed by atoms with Gasteiger partial charge in [-0.25, -0.2) is 17.6 Å². The molecule has 1 aromatic rings. The monoisotopic (exact) mass is 326 g/mol. The Bertz CT molecular complexity index is 469. The lowest BCUT2D eigenvalue weighted by Gasteiger charge is -2.18. The minimum absolute atomic E-state index is 0.0832. The van der Waals surface area contributed by atoms with Gasteiger partial charge in [0.25, 0.3) is 0 Å². The zero-order valence-electron chi connectivity index (χ0n) is 12.1. The molecule has 0 amide bonds. The highest BCUT2D eigenvalue weighted by Crippen LogP contribution is 2.20. The van der Waals surface area contributed by atoms with Crippen LogP contribution in [0.3, 0.4) is 0 Å². The smallest absolute Gasteiger partial charge is 0.379 e. The molecule has 0 heterocycles. The largest absolute Gasteiger partial charge is 0.483 e. The van der Waals surface area contributed by atoms with Crippen molar-refractivity contribution in [2.75, 3.05) is 14.2 Å². The van der Waals surface area contributed by atoms with E-state index in [9.17, 15) is 17.6 Å². The topological polar surface area (TPSA) is 27.7 Å². The summed E-state index contributed by atoms with van der Waals surface area (Å²) in [7, 11) is 0.814. The van der Waals surface area contributed by atoms with E-state index in [0.29, 0.717) is 18.9 Å². The SMILES string of the molecule is CO[SiH](OC)OC(C)CCCc1cc(F)c(F)c(F)c1F. The highest BCUT2D eigenvalue weighted by molar-refractivity contribution is 6.36. The molecule has 0 radical (unpaired) electrons. The van der Waals surface area contributed by atoms with Gasteiger partial charge in [0, 0.05) is 20.3 Å². The first-order chi connectivity index (χ1) is 9.90. The standard InChI is InChI=1S/C13H18F4O3Si/c1-8(20-21(18-2)19-3)5-4-6-9-7-10(14)12(16)13(17)11(9)15/h7-8,21H,4-6H2,1-3H3. The quantitative estimate of drug-likeness (QED) is 0.318. The van der Waals surface area contributed by atoms with Gasteiger partial charge in [-0.3, -0.25) is 0 Å². The maximum atomic E-state index is 13.4. The molecule has 0 saturated heterocycles. The van der Waals surface area contributed by atoms with E-state index in [1.165, 1.54) is 14.2 Å². The average molecular weight is 326 g/mol. The van der Waals surface area contributed by atoms with Crippen molar-refractivity contribution in [3.63, 3.8) is 0 Å². The Morgan fingerprint density at radius 2 is 1.67 bits per heavy atom. The van der Waals surface area contributed by atoms with E-state index in [0.717, 1.165) is 0 Å². The molecule has 1 unspecified atom stereocenters. The van der Waals surface area contributed by atoms with Crippen molar-refractivity contribution < 1.29 is 30.8 Å². The van der Waals surface area contributed by atoms with Crippen LogP contribution in [0.2, 0.25) is 0 Å². The molecule has 0 aliphatic heterocycles. The summed E-state index contributed by atoms with van der Waals surface area (Å²) in [5.41, 5.74) is -0.189. The molecule has 0 bridgehead atoms. The van der Waals surface area contributed by atoms with Crippen LogP contribution in [0.5, 0.6) is 0 Å². The molecular weight excluding hydrogens is 308 g/mol. The van der Waals surface area contributed by atoms with Gasteiger partial charge in [-0.1, -0.05) is 0 Å². The Hall–Kier alpha value is -0.963. The predicted octanol–water partition coefficient (Wildman–Crippen LogP) is 2.98. The molecule has 0 aromatic heterocycles. The van der Waals surface area contributed by atoms with Gasteiger partial charge in [-0.15, -0.1) is 0 Å². The lowest BCUT2D eigenvalue weighted by Crippen LogP contribution is -2.28. The van der Waals surface area contributed by atoms with E-state index in [4.69, 9.17) is 13.3 Å². The first kappa shape index (κ1) is 18.1. The fraction of sp³-hybridized carbons (Fsp3) is 0.538. The highest BCUT2D eigenvalue weighted by atomic mass is 28.3. The van der Waals surface area contributed by atoms with Crippen LogP contribution in [0, 0.1) is 23.3 Å². The van der Waals surface area contributed by atoms with Crippen LogP contribution in [0.4, 0.5) is 17.6 Å². The second-order valence-corrected chi connectivity index (χ2v) is 6.35. The van der Waals surface area contributed by atoms with Crippen LogP contribution in [0.15, 0.2) is 6.07 Å². The number of rotatable bonds is 8. The summed E-state index contributed by atoms with van der Waals surface area (Å²) in [4.78, 5) is 0. The van der Waals surface area contributed by atoms with Crippen LogP contribution >= 0.6 is 0 Å².